The first-order valence-electron chi connectivity index (χ1n) is 11.1. The largest absolute Gasteiger partial charge is 0.319 e. The zero-order valence-electron chi connectivity index (χ0n) is 19.0. The van der Waals surface area contributed by atoms with Gasteiger partial charge in [0.2, 0.25) is 0 Å². The highest BCUT2D eigenvalue weighted by molar-refractivity contribution is 6.31. The topological polar surface area (TPSA) is 133 Å². The first kappa shape index (κ1) is 21.9. The Bertz CT molecular complexity index is 1580. The van der Waals surface area contributed by atoms with Crippen molar-refractivity contribution >= 4 is 23.0 Å². The van der Waals surface area contributed by atoms with Gasteiger partial charge in [-0.25, -0.2) is 10.0 Å². The van der Waals surface area contributed by atoms with Crippen molar-refractivity contribution in [2.24, 2.45) is 28.1 Å². The van der Waals surface area contributed by atoms with Crippen molar-refractivity contribution in [1.82, 2.24) is 20.3 Å². The molecule has 2 aliphatic rings. The molecule has 0 aliphatic carbocycles. The number of aliphatic imine (C=N–C) groups is 1. The van der Waals surface area contributed by atoms with Gasteiger partial charge in [0.15, 0.2) is 5.82 Å². The van der Waals surface area contributed by atoms with E-state index in [2.05, 4.69) is 32.1 Å². The van der Waals surface area contributed by atoms with Gasteiger partial charge in [0.05, 0.1) is 23.0 Å². The summed E-state index contributed by atoms with van der Waals surface area (Å²) in [5, 5.41) is 28.3. The van der Waals surface area contributed by atoms with E-state index in [4.69, 9.17) is 22.3 Å². The lowest BCUT2D eigenvalue weighted by Crippen LogP contribution is -2.43. The van der Waals surface area contributed by atoms with Crippen LogP contribution >= 0.6 is 11.6 Å². The zero-order chi connectivity index (χ0) is 24.9. The summed E-state index contributed by atoms with van der Waals surface area (Å²) >= 11 is 6.32. The lowest BCUT2D eigenvalue weighted by Gasteiger charge is -2.33. The zero-order valence-corrected chi connectivity index (χ0v) is 19.8. The molecule has 0 saturated carbocycles. The third-order valence-electron chi connectivity index (χ3n) is 6.39. The fourth-order valence-electron chi connectivity index (χ4n) is 4.60. The Morgan fingerprint density at radius 3 is 2.61 bits per heavy atom. The summed E-state index contributed by atoms with van der Waals surface area (Å²) in [4.78, 5) is 4.85. The monoisotopic (exact) mass is 494 g/mol. The summed E-state index contributed by atoms with van der Waals surface area (Å²) in [7, 11) is 1.85. The fourth-order valence-corrected chi connectivity index (χ4v) is 4.79. The predicted molar refractivity (Wildman–Crippen MR) is 134 cm³/mol. The van der Waals surface area contributed by atoms with Gasteiger partial charge in [-0.15, -0.1) is 15.3 Å². The molecule has 0 amide bonds. The van der Waals surface area contributed by atoms with E-state index in [-0.39, 0.29) is 0 Å². The van der Waals surface area contributed by atoms with Crippen molar-refractivity contribution in [3.05, 3.63) is 112 Å². The van der Waals surface area contributed by atoms with Crippen LogP contribution in [0.15, 0.2) is 88.4 Å². The van der Waals surface area contributed by atoms with Gasteiger partial charge in [-0.05, 0) is 47.5 Å². The highest BCUT2D eigenvalue weighted by atomic mass is 35.5. The molecule has 0 fully saturated rings. The molecule has 1 aromatic heterocycles. The summed E-state index contributed by atoms with van der Waals surface area (Å²) < 4.78 is 1.79. The highest BCUT2D eigenvalue weighted by Crippen LogP contribution is 2.39. The SMILES string of the molecule is Cn1cnnc1C(N)(c1ccc(C#N)cc1)c1ccc2c(c1)C(c1cccc(Cl)c1)=NC1N=NNN21. The molecule has 6 rings (SSSR count). The maximum atomic E-state index is 9.28. The Morgan fingerprint density at radius 1 is 1.08 bits per heavy atom. The normalized spacial score (nSPS) is 17.4. The number of hydrazine groups is 1. The molecule has 176 valence electrons. The number of fused-ring (bicyclic) bond motifs is 3. The number of nitrogens with one attached hydrogen (secondary N) is 1. The predicted octanol–water partition coefficient (Wildman–Crippen LogP) is 3.42. The number of rotatable bonds is 4. The Hall–Kier alpha value is -4.59. The lowest BCUT2D eigenvalue weighted by molar-refractivity contribution is 0.570. The number of nitriles is 1. The number of anilines is 1. The number of nitrogens with zero attached hydrogens (tertiary/aromatic N) is 8. The molecule has 36 heavy (non-hydrogen) atoms. The van der Waals surface area contributed by atoms with E-state index in [9.17, 15) is 5.26 Å². The molecule has 3 heterocycles. The lowest BCUT2D eigenvalue weighted by atomic mass is 9.81. The molecule has 0 radical (unpaired) electrons. The van der Waals surface area contributed by atoms with Crippen molar-refractivity contribution in [1.29, 1.82) is 5.26 Å². The molecule has 4 aromatic rings. The van der Waals surface area contributed by atoms with Gasteiger partial charge >= 0.3 is 0 Å². The first-order chi connectivity index (χ1) is 17.5. The van der Waals surface area contributed by atoms with Gasteiger partial charge in [-0.3, -0.25) is 0 Å². The number of benzene rings is 3. The standard InChI is InChI=1S/C25H19ClN10/c1-35-14-29-31-23(35)25(28,17-7-5-15(13-27)6-8-17)18-9-10-21-20(12-18)22(16-3-2-4-19(26)11-16)30-24-32-33-34-36(21)24/h2-12,14,24H,28H2,1H3,(H,32,34). The molecule has 3 N–H and O–H groups in total. The average molecular weight is 495 g/mol. The summed E-state index contributed by atoms with van der Waals surface area (Å²) in [5.41, 5.74) is 14.3. The molecule has 3 aromatic carbocycles. The number of halogens is 1. The van der Waals surface area contributed by atoms with Crippen LogP contribution in [0.2, 0.25) is 5.02 Å². The molecule has 11 heteroatoms. The van der Waals surface area contributed by atoms with E-state index in [0.717, 1.165) is 33.7 Å². The second-order valence-electron chi connectivity index (χ2n) is 8.51. The minimum absolute atomic E-state index is 0.530. The van der Waals surface area contributed by atoms with Crippen molar-refractivity contribution in [2.45, 2.75) is 11.8 Å². The molecular formula is C25H19ClN10. The summed E-state index contributed by atoms with van der Waals surface area (Å²) in [5.74, 6) is 0.548. The number of nitrogens with two attached hydrogens (primary N) is 1. The van der Waals surface area contributed by atoms with Gasteiger partial charge in [-0.1, -0.05) is 47.2 Å². The van der Waals surface area contributed by atoms with Gasteiger partial charge in [0, 0.05) is 23.2 Å². The van der Waals surface area contributed by atoms with E-state index in [1.807, 2.05) is 61.6 Å². The van der Waals surface area contributed by atoms with Crippen molar-refractivity contribution in [2.75, 3.05) is 5.01 Å². The smallest absolute Gasteiger partial charge is 0.256 e. The molecule has 2 unspecified atom stereocenters. The quantitative estimate of drug-likeness (QED) is 0.446. The van der Waals surface area contributed by atoms with E-state index < -0.39 is 11.8 Å². The van der Waals surface area contributed by atoms with Gasteiger partial charge in [0.25, 0.3) is 6.29 Å². The van der Waals surface area contributed by atoms with E-state index in [1.54, 1.807) is 28.0 Å². The van der Waals surface area contributed by atoms with Crippen molar-refractivity contribution in [3.8, 4) is 6.07 Å². The Balaban J connectivity index is 1.58. The Kier molecular flexibility index (Phi) is 5.03. The van der Waals surface area contributed by atoms with Crippen LogP contribution in [0.4, 0.5) is 5.69 Å². The molecule has 2 aliphatic heterocycles. The molecular weight excluding hydrogens is 476 g/mol. The maximum absolute atomic E-state index is 9.28. The molecule has 2 atom stereocenters. The van der Waals surface area contributed by atoms with Gasteiger partial charge in [0.1, 0.15) is 11.9 Å². The van der Waals surface area contributed by atoms with Crippen molar-refractivity contribution < 1.29 is 0 Å². The molecule has 0 saturated heterocycles. The van der Waals surface area contributed by atoms with Crippen LogP contribution in [0.1, 0.15) is 33.6 Å². The second-order valence-corrected chi connectivity index (χ2v) is 8.95. The van der Waals surface area contributed by atoms with Crippen molar-refractivity contribution in [3.63, 3.8) is 0 Å². The van der Waals surface area contributed by atoms with Crippen LogP contribution in [0.25, 0.3) is 0 Å². The summed E-state index contributed by atoms with van der Waals surface area (Å²) in [6, 6.07) is 22.7. The third-order valence-corrected chi connectivity index (χ3v) is 6.62. The first-order valence-corrected chi connectivity index (χ1v) is 11.4. The number of aryl methyl sites for hydroxylation is 1. The van der Waals surface area contributed by atoms with Crippen LogP contribution in [0, 0.1) is 11.3 Å². The summed E-state index contributed by atoms with van der Waals surface area (Å²) in [6.07, 6.45) is 1.08. The number of hydrogen-bond donors (Lipinski definition) is 2. The minimum atomic E-state index is -1.17. The average Bonchev–Trinajstić information content (AvgIpc) is 3.56. The number of hydrogen-bond acceptors (Lipinski definition) is 9. The Labute approximate surface area is 211 Å². The molecule has 10 nitrogen and oxygen atoms in total. The summed E-state index contributed by atoms with van der Waals surface area (Å²) in [6.45, 7) is 0. The van der Waals surface area contributed by atoms with Crippen LogP contribution in [-0.2, 0) is 12.6 Å². The minimum Gasteiger partial charge on any atom is -0.319 e. The fraction of sp³-hybridized carbons (Fsp3) is 0.120. The molecule has 0 spiro atoms. The van der Waals surface area contributed by atoms with Crippen LogP contribution in [0.3, 0.4) is 0 Å². The van der Waals surface area contributed by atoms with E-state index >= 15 is 0 Å². The Morgan fingerprint density at radius 2 is 1.89 bits per heavy atom. The highest BCUT2D eigenvalue weighted by Gasteiger charge is 2.39. The van der Waals surface area contributed by atoms with E-state index in [1.165, 1.54) is 0 Å². The number of aromatic nitrogens is 3. The van der Waals surface area contributed by atoms with Crippen LogP contribution in [-0.4, -0.2) is 26.8 Å². The van der Waals surface area contributed by atoms with Gasteiger partial charge < -0.3 is 10.3 Å². The van der Waals surface area contributed by atoms with Crippen LogP contribution in [0.5, 0.6) is 0 Å². The van der Waals surface area contributed by atoms with Crippen LogP contribution < -0.4 is 16.3 Å². The molecule has 0 bridgehead atoms. The van der Waals surface area contributed by atoms with E-state index in [0.29, 0.717) is 16.4 Å². The maximum Gasteiger partial charge on any atom is 0.256 e. The van der Waals surface area contributed by atoms with Gasteiger partial charge in [-0.2, -0.15) is 10.8 Å². The second kappa shape index (κ2) is 8.27. The third kappa shape index (κ3) is 3.33.